The molecule has 0 unspecified atom stereocenters. The molecule has 5 nitrogen and oxygen atoms in total. The van der Waals surface area contributed by atoms with Crippen LogP contribution < -0.4 is 0 Å². The zero-order valence-electron chi connectivity index (χ0n) is 22.7. The number of ether oxygens (including phenoxy) is 1. The third kappa shape index (κ3) is 2.89. The van der Waals surface area contributed by atoms with Crippen molar-refractivity contribution in [1.82, 2.24) is 0 Å². The highest BCUT2D eigenvalue weighted by molar-refractivity contribution is 7.96. The van der Waals surface area contributed by atoms with E-state index in [1.54, 1.807) is 0 Å². The first-order valence-corrected chi connectivity index (χ1v) is 13.7. The molecule has 4 saturated carbocycles. The molecule has 0 bridgehead atoms. The molecule has 8 atom stereocenters. The number of carbonyl (C=O) groups excluding carboxylic acids is 3. The molecule has 0 heterocycles. The number of thiol groups is 1. The summed E-state index contributed by atoms with van der Waals surface area (Å²) in [7, 11) is 0. The van der Waals surface area contributed by atoms with Crippen molar-refractivity contribution >= 4 is 29.5 Å². The van der Waals surface area contributed by atoms with Gasteiger partial charge >= 0.3 is 5.97 Å². The molecule has 0 spiro atoms. The topological polar surface area (TPSA) is 80.7 Å². The van der Waals surface area contributed by atoms with Crippen molar-refractivity contribution in [2.45, 2.75) is 91.6 Å². The van der Waals surface area contributed by atoms with Crippen LogP contribution in [0.1, 0.15) is 74.1 Å². The van der Waals surface area contributed by atoms with Gasteiger partial charge < -0.3 is 9.84 Å². The standard InChI is InChI=1S/C29H38F2O5S/c1-14-10-16-17-13-19(30)18-11-15(32)12-20(33)27(18,7)28(17,31)9-8-26(16,6)29(14,23(35)37)36-22(34)21-24(2,3)25(21,4)5/h11-12,14,16-17,19,21,32H,8-10,13H2,1-7H3,(H,35,37)/t14-,16+,17+,19+,26+,27-,28-,29+/m1/s1. The highest BCUT2D eigenvalue weighted by Crippen LogP contribution is 2.73. The fraction of sp³-hybridized carbons (Fsp3) is 0.759. The fourth-order valence-corrected chi connectivity index (χ4v) is 9.75. The summed E-state index contributed by atoms with van der Waals surface area (Å²) < 4.78 is 39.3. The average molecular weight is 537 g/mol. The van der Waals surface area contributed by atoms with Gasteiger partial charge in [0, 0.05) is 23.3 Å². The van der Waals surface area contributed by atoms with E-state index >= 15 is 8.78 Å². The number of allylic oxidation sites excluding steroid dienone is 3. The van der Waals surface area contributed by atoms with E-state index in [1.807, 2.05) is 41.5 Å². The third-order valence-corrected chi connectivity index (χ3v) is 12.5. The normalized spacial score (nSPS) is 47.7. The molecule has 8 heteroatoms. The summed E-state index contributed by atoms with van der Waals surface area (Å²) in [6.07, 6.45) is 0.812. The predicted molar refractivity (Wildman–Crippen MR) is 137 cm³/mol. The highest BCUT2D eigenvalue weighted by atomic mass is 32.1. The van der Waals surface area contributed by atoms with E-state index in [4.69, 9.17) is 4.74 Å². The quantitative estimate of drug-likeness (QED) is 0.348. The lowest BCUT2D eigenvalue weighted by molar-refractivity contribution is -0.204. The van der Waals surface area contributed by atoms with Crippen molar-refractivity contribution < 1.29 is 33.0 Å². The van der Waals surface area contributed by atoms with Gasteiger partial charge in [0.25, 0.3) is 0 Å². The first kappa shape index (κ1) is 26.9. The minimum atomic E-state index is -2.07. The smallest absolute Gasteiger partial charge is 0.311 e. The van der Waals surface area contributed by atoms with Crippen LogP contribution in [-0.2, 0) is 19.1 Å². The van der Waals surface area contributed by atoms with Gasteiger partial charge in [-0.15, -0.1) is 12.6 Å². The van der Waals surface area contributed by atoms with Gasteiger partial charge in [-0.1, -0.05) is 41.5 Å². The van der Waals surface area contributed by atoms with Gasteiger partial charge in [-0.25, -0.2) is 8.78 Å². The van der Waals surface area contributed by atoms with Crippen LogP contribution in [0.25, 0.3) is 0 Å². The minimum Gasteiger partial charge on any atom is -0.508 e. The van der Waals surface area contributed by atoms with Crippen molar-refractivity contribution in [3.63, 3.8) is 0 Å². The number of aliphatic hydroxyl groups is 1. The van der Waals surface area contributed by atoms with Crippen LogP contribution in [0.3, 0.4) is 0 Å². The van der Waals surface area contributed by atoms with Crippen LogP contribution >= 0.6 is 12.6 Å². The van der Waals surface area contributed by atoms with E-state index < -0.39 is 62.9 Å². The first-order chi connectivity index (χ1) is 16.8. The molecule has 0 aromatic carbocycles. The Labute approximate surface area is 222 Å². The molecule has 0 saturated heterocycles. The first-order valence-electron chi connectivity index (χ1n) is 13.3. The van der Waals surface area contributed by atoms with E-state index in [2.05, 4.69) is 12.6 Å². The molecule has 0 aliphatic heterocycles. The third-order valence-electron chi connectivity index (χ3n) is 12.2. The second-order valence-corrected chi connectivity index (χ2v) is 14.2. The van der Waals surface area contributed by atoms with Crippen molar-refractivity contribution in [3.8, 4) is 0 Å². The van der Waals surface area contributed by atoms with Crippen LogP contribution in [0.2, 0.25) is 0 Å². The summed E-state index contributed by atoms with van der Waals surface area (Å²) >= 11 is 4.25. The van der Waals surface area contributed by atoms with Crippen LogP contribution in [0.4, 0.5) is 8.78 Å². The number of rotatable bonds is 3. The molecule has 5 rings (SSSR count). The SMILES string of the molecule is C[C@@H]1C[C@H]2[C@@H]3C[C@H](F)C4=CC(O)=CC(=O)[C@]4(C)[C@@]3(F)CC[C@]2(C)[C@@]1(OC(=O)C1C(C)(C)C1(C)C)C(=O)S. The van der Waals surface area contributed by atoms with Crippen molar-refractivity contribution in [3.05, 3.63) is 23.5 Å². The molecular weight excluding hydrogens is 498 g/mol. The summed E-state index contributed by atoms with van der Waals surface area (Å²) in [6.45, 7) is 13.1. The summed E-state index contributed by atoms with van der Waals surface area (Å²) in [6, 6.07) is 0. The molecule has 204 valence electrons. The van der Waals surface area contributed by atoms with Gasteiger partial charge in [0.1, 0.15) is 17.6 Å². The summed E-state index contributed by atoms with van der Waals surface area (Å²) in [5.41, 5.74) is -6.98. The Morgan fingerprint density at radius 3 is 2.16 bits per heavy atom. The summed E-state index contributed by atoms with van der Waals surface area (Å²) in [5, 5.41) is 9.41. The Balaban J connectivity index is 1.57. The molecule has 0 amide bonds. The molecule has 0 radical (unpaired) electrons. The fourth-order valence-electron chi connectivity index (χ4n) is 9.23. The number of ketones is 1. The largest absolute Gasteiger partial charge is 0.508 e. The lowest BCUT2D eigenvalue weighted by Crippen LogP contribution is -2.67. The Morgan fingerprint density at radius 1 is 1.03 bits per heavy atom. The van der Waals surface area contributed by atoms with Crippen LogP contribution in [0, 0.1) is 45.3 Å². The minimum absolute atomic E-state index is 0.0212. The van der Waals surface area contributed by atoms with E-state index in [-0.39, 0.29) is 47.3 Å². The van der Waals surface area contributed by atoms with Crippen LogP contribution in [0.15, 0.2) is 23.5 Å². The molecule has 4 fully saturated rings. The number of carbonyl (C=O) groups is 3. The number of esters is 1. The van der Waals surface area contributed by atoms with E-state index in [0.29, 0.717) is 6.42 Å². The highest BCUT2D eigenvalue weighted by Gasteiger charge is 2.78. The van der Waals surface area contributed by atoms with Gasteiger partial charge in [-0.3, -0.25) is 14.4 Å². The monoisotopic (exact) mass is 536 g/mol. The van der Waals surface area contributed by atoms with Crippen molar-refractivity contribution in [2.24, 2.45) is 45.3 Å². The number of hydrogen-bond donors (Lipinski definition) is 2. The number of halogens is 2. The molecule has 5 aliphatic carbocycles. The zero-order chi connectivity index (χ0) is 27.7. The Morgan fingerprint density at radius 2 is 1.62 bits per heavy atom. The van der Waals surface area contributed by atoms with Crippen LogP contribution in [0.5, 0.6) is 0 Å². The Hall–Kier alpha value is -1.70. The predicted octanol–water partition coefficient (Wildman–Crippen LogP) is 5.89. The average Bonchev–Trinajstić information content (AvgIpc) is 3.07. The molecule has 1 N–H and O–H groups in total. The number of alkyl halides is 2. The molecule has 0 aromatic rings. The second kappa shape index (κ2) is 7.48. The lowest BCUT2D eigenvalue weighted by Gasteiger charge is -2.61. The van der Waals surface area contributed by atoms with Gasteiger partial charge in [-0.2, -0.15) is 0 Å². The lowest BCUT2D eigenvalue weighted by atomic mass is 9.44. The van der Waals surface area contributed by atoms with E-state index in [9.17, 15) is 19.5 Å². The van der Waals surface area contributed by atoms with Gasteiger partial charge in [0.2, 0.25) is 5.12 Å². The maximum absolute atomic E-state index is 17.3. The van der Waals surface area contributed by atoms with Crippen LogP contribution in [-0.4, -0.2) is 39.4 Å². The van der Waals surface area contributed by atoms with E-state index in [1.165, 1.54) is 13.0 Å². The zero-order valence-corrected chi connectivity index (χ0v) is 23.5. The summed E-state index contributed by atoms with van der Waals surface area (Å²) in [4.78, 5) is 40.1. The second-order valence-electron chi connectivity index (χ2n) is 13.8. The Bertz CT molecular complexity index is 1160. The summed E-state index contributed by atoms with van der Waals surface area (Å²) in [5.74, 6) is -3.69. The maximum Gasteiger partial charge on any atom is 0.311 e. The molecule has 0 aromatic heterocycles. The number of aliphatic hydroxyl groups excluding tert-OH is 1. The maximum atomic E-state index is 17.3. The number of hydrogen-bond acceptors (Lipinski definition) is 5. The van der Waals surface area contributed by atoms with Crippen molar-refractivity contribution in [1.29, 1.82) is 0 Å². The van der Waals surface area contributed by atoms with E-state index in [0.717, 1.165) is 6.08 Å². The number of fused-ring (bicyclic) bond motifs is 5. The molecule has 5 aliphatic rings. The van der Waals surface area contributed by atoms with Gasteiger partial charge in [0.05, 0.1) is 11.3 Å². The van der Waals surface area contributed by atoms with Gasteiger partial charge in [-0.05, 0) is 61.0 Å². The van der Waals surface area contributed by atoms with Gasteiger partial charge in [0.15, 0.2) is 11.4 Å². The Kier molecular flexibility index (Phi) is 5.44. The molecule has 37 heavy (non-hydrogen) atoms. The molecular formula is C29H38F2O5S. The van der Waals surface area contributed by atoms with Crippen molar-refractivity contribution in [2.75, 3.05) is 0 Å².